The van der Waals surface area contributed by atoms with Crippen LogP contribution in [0, 0.1) is 11.8 Å². The molecule has 1 nitrogen and oxygen atoms in total. The summed E-state index contributed by atoms with van der Waals surface area (Å²) in [5.41, 5.74) is 0. The van der Waals surface area contributed by atoms with Crippen molar-refractivity contribution in [3.05, 3.63) is 0 Å². The first-order chi connectivity index (χ1) is 5.02. The molecule has 0 aromatic carbocycles. The Morgan fingerprint density at radius 1 is 1.00 bits per heavy atom. The first-order valence-electron chi connectivity index (χ1n) is 4.67. The van der Waals surface area contributed by atoms with Gasteiger partial charge in [-0.15, -0.1) is 0 Å². The Balaban J connectivity index is 3.29. The maximum absolute atomic E-state index is 2.34. The van der Waals surface area contributed by atoms with Gasteiger partial charge in [-0.2, -0.15) is 0 Å². The predicted molar refractivity (Wildman–Crippen MR) is 51.8 cm³/mol. The Bertz CT molecular complexity index is 86.9. The fourth-order valence-corrected chi connectivity index (χ4v) is 1.33. The molecule has 0 saturated heterocycles. The fourth-order valence-electron chi connectivity index (χ4n) is 1.33. The zero-order valence-corrected chi connectivity index (χ0v) is 8.72. The summed E-state index contributed by atoms with van der Waals surface area (Å²) in [6.45, 7) is 8.15. The fraction of sp³-hybridized carbons (Fsp3) is 1.00. The molecule has 1 heteroatoms. The van der Waals surface area contributed by atoms with Gasteiger partial charge in [-0.3, -0.25) is 0 Å². The Hall–Kier alpha value is -0.0400. The van der Waals surface area contributed by atoms with Crippen molar-refractivity contribution in [2.75, 3.05) is 20.6 Å². The molecule has 0 saturated carbocycles. The summed E-state index contributed by atoms with van der Waals surface area (Å²) in [6, 6.07) is 0. The second kappa shape index (κ2) is 5.59. The van der Waals surface area contributed by atoms with Gasteiger partial charge in [0.05, 0.1) is 0 Å². The van der Waals surface area contributed by atoms with Crippen LogP contribution in [0.2, 0.25) is 0 Å². The van der Waals surface area contributed by atoms with Crippen LogP contribution in [0.15, 0.2) is 0 Å². The molecule has 0 radical (unpaired) electrons. The van der Waals surface area contributed by atoms with Gasteiger partial charge in [-0.1, -0.05) is 27.2 Å². The summed E-state index contributed by atoms with van der Waals surface area (Å²) in [4.78, 5) is 2.27. The van der Waals surface area contributed by atoms with Crippen molar-refractivity contribution in [1.82, 2.24) is 4.90 Å². The summed E-state index contributed by atoms with van der Waals surface area (Å²) in [6.07, 6.45) is 2.74. The highest BCUT2D eigenvalue weighted by atomic mass is 15.1. The van der Waals surface area contributed by atoms with Crippen molar-refractivity contribution in [1.29, 1.82) is 0 Å². The number of hydrogen-bond donors (Lipinski definition) is 0. The summed E-state index contributed by atoms with van der Waals surface area (Å²) < 4.78 is 0. The first-order valence-corrected chi connectivity index (χ1v) is 4.67. The lowest BCUT2D eigenvalue weighted by Gasteiger charge is -2.17. The summed E-state index contributed by atoms with van der Waals surface area (Å²) in [7, 11) is 4.29. The number of nitrogens with zero attached hydrogens (tertiary/aromatic N) is 1. The lowest BCUT2D eigenvalue weighted by atomic mass is 9.99. The van der Waals surface area contributed by atoms with Gasteiger partial charge in [0.25, 0.3) is 0 Å². The molecule has 0 aromatic heterocycles. The van der Waals surface area contributed by atoms with E-state index in [1.165, 1.54) is 19.4 Å². The van der Waals surface area contributed by atoms with Gasteiger partial charge in [0.15, 0.2) is 0 Å². The maximum atomic E-state index is 2.34. The molecule has 0 fully saturated rings. The zero-order chi connectivity index (χ0) is 8.85. The van der Waals surface area contributed by atoms with Gasteiger partial charge < -0.3 is 4.90 Å². The molecular formula is C10H23N. The standard InChI is InChI=1S/C10H23N/c1-9(2)6-7-10(3)8-11(4)5/h9-10H,6-8H2,1-5H3. The van der Waals surface area contributed by atoms with E-state index in [1.54, 1.807) is 0 Å². The van der Waals surface area contributed by atoms with Crippen LogP contribution in [0.25, 0.3) is 0 Å². The molecule has 0 rings (SSSR count). The highest BCUT2D eigenvalue weighted by Gasteiger charge is 2.04. The Morgan fingerprint density at radius 3 is 1.91 bits per heavy atom. The van der Waals surface area contributed by atoms with E-state index in [0.29, 0.717) is 0 Å². The van der Waals surface area contributed by atoms with E-state index in [2.05, 4.69) is 39.8 Å². The van der Waals surface area contributed by atoms with Gasteiger partial charge in [0, 0.05) is 6.54 Å². The molecule has 0 heterocycles. The molecule has 0 aromatic rings. The molecule has 0 aliphatic carbocycles. The maximum Gasteiger partial charge on any atom is 0.0000921 e. The minimum Gasteiger partial charge on any atom is -0.309 e. The highest BCUT2D eigenvalue weighted by Crippen LogP contribution is 2.11. The number of rotatable bonds is 5. The molecule has 0 spiro atoms. The van der Waals surface area contributed by atoms with Gasteiger partial charge in [0.1, 0.15) is 0 Å². The van der Waals surface area contributed by atoms with Crippen molar-refractivity contribution in [3.8, 4) is 0 Å². The topological polar surface area (TPSA) is 3.24 Å². The molecule has 0 aliphatic heterocycles. The third-order valence-corrected chi connectivity index (χ3v) is 1.91. The van der Waals surface area contributed by atoms with Crippen LogP contribution in [0.5, 0.6) is 0 Å². The van der Waals surface area contributed by atoms with E-state index in [9.17, 15) is 0 Å². The minimum absolute atomic E-state index is 0.854. The van der Waals surface area contributed by atoms with Crippen LogP contribution in [0.4, 0.5) is 0 Å². The van der Waals surface area contributed by atoms with E-state index < -0.39 is 0 Å². The Labute approximate surface area is 71.8 Å². The second-order valence-electron chi connectivity index (χ2n) is 4.34. The summed E-state index contributed by atoms with van der Waals surface area (Å²) >= 11 is 0. The average molecular weight is 157 g/mol. The minimum atomic E-state index is 0.854. The van der Waals surface area contributed by atoms with E-state index in [-0.39, 0.29) is 0 Å². The Morgan fingerprint density at radius 2 is 1.55 bits per heavy atom. The summed E-state index contributed by atoms with van der Waals surface area (Å²) in [5, 5.41) is 0. The number of hydrogen-bond acceptors (Lipinski definition) is 1. The van der Waals surface area contributed by atoms with E-state index in [0.717, 1.165) is 11.8 Å². The lowest BCUT2D eigenvalue weighted by molar-refractivity contribution is 0.314. The van der Waals surface area contributed by atoms with Crippen molar-refractivity contribution < 1.29 is 0 Å². The van der Waals surface area contributed by atoms with Crippen molar-refractivity contribution in [2.45, 2.75) is 33.6 Å². The van der Waals surface area contributed by atoms with E-state index >= 15 is 0 Å². The average Bonchev–Trinajstić information content (AvgIpc) is 1.82. The van der Waals surface area contributed by atoms with Crippen molar-refractivity contribution in [3.63, 3.8) is 0 Å². The smallest absolute Gasteiger partial charge is 0.0000921 e. The molecule has 0 N–H and O–H groups in total. The van der Waals surface area contributed by atoms with Gasteiger partial charge >= 0.3 is 0 Å². The zero-order valence-electron chi connectivity index (χ0n) is 8.72. The van der Waals surface area contributed by atoms with Crippen LogP contribution in [-0.2, 0) is 0 Å². The third kappa shape index (κ3) is 7.86. The summed E-state index contributed by atoms with van der Waals surface area (Å²) in [5.74, 6) is 1.71. The second-order valence-corrected chi connectivity index (χ2v) is 4.34. The largest absolute Gasteiger partial charge is 0.309 e. The molecule has 68 valence electrons. The molecule has 11 heavy (non-hydrogen) atoms. The predicted octanol–water partition coefficient (Wildman–Crippen LogP) is 2.62. The van der Waals surface area contributed by atoms with Crippen LogP contribution < -0.4 is 0 Å². The van der Waals surface area contributed by atoms with Crippen LogP contribution in [0.1, 0.15) is 33.6 Å². The van der Waals surface area contributed by atoms with E-state index in [1.807, 2.05) is 0 Å². The molecule has 0 amide bonds. The first kappa shape index (κ1) is 11.0. The van der Waals surface area contributed by atoms with Crippen molar-refractivity contribution in [2.24, 2.45) is 11.8 Å². The van der Waals surface area contributed by atoms with Gasteiger partial charge in [0.2, 0.25) is 0 Å². The molecular weight excluding hydrogens is 134 g/mol. The highest BCUT2D eigenvalue weighted by molar-refractivity contribution is 4.57. The SMILES string of the molecule is CC(C)CCC(C)CN(C)C. The van der Waals surface area contributed by atoms with Crippen LogP contribution in [0.3, 0.4) is 0 Å². The molecule has 1 unspecified atom stereocenters. The van der Waals surface area contributed by atoms with Gasteiger partial charge in [-0.05, 0) is 32.4 Å². The molecule has 1 atom stereocenters. The molecule has 0 aliphatic rings. The van der Waals surface area contributed by atoms with Gasteiger partial charge in [-0.25, -0.2) is 0 Å². The quantitative estimate of drug-likeness (QED) is 0.593. The monoisotopic (exact) mass is 157 g/mol. The third-order valence-electron chi connectivity index (χ3n) is 1.91. The van der Waals surface area contributed by atoms with E-state index in [4.69, 9.17) is 0 Å². The van der Waals surface area contributed by atoms with Crippen molar-refractivity contribution >= 4 is 0 Å². The van der Waals surface area contributed by atoms with Crippen LogP contribution >= 0.6 is 0 Å². The normalized spacial score (nSPS) is 14.5. The molecule has 0 bridgehead atoms. The van der Waals surface area contributed by atoms with Crippen LogP contribution in [-0.4, -0.2) is 25.5 Å². The lowest BCUT2D eigenvalue weighted by Crippen LogP contribution is -2.19. The Kier molecular flexibility index (Phi) is 5.57.